The summed E-state index contributed by atoms with van der Waals surface area (Å²) in [5.41, 5.74) is 5.66. The van der Waals surface area contributed by atoms with Gasteiger partial charge in [0.25, 0.3) is 0 Å². The number of hydrogen-bond donors (Lipinski definition) is 3. The van der Waals surface area contributed by atoms with E-state index < -0.39 is 10.0 Å². The monoisotopic (exact) mass is 337 g/mol. The van der Waals surface area contributed by atoms with Gasteiger partial charge >= 0.3 is 0 Å². The van der Waals surface area contributed by atoms with E-state index in [1.165, 1.54) is 12.1 Å². The topological polar surface area (TPSA) is 101 Å². The van der Waals surface area contributed by atoms with Crippen molar-refractivity contribution in [2.45, 2.75) is 23.8 Å². The number of nitrogen functional groups attached to an aromatic ring is 1. The quantitative estimate of drug-likeness (QED) is 0.719. The molecule has 1 atom stereocenters. The van der Waals surface area contributed by atoms with Crippen LogP contribution < -0.4 is 15.8 Å². The molecule has 20 heavy (non-hydrogen) atoms. The van der Waals surface area contributed by atoms with E-state index in [0.717, 1.165) is 0 Å². The molecular weight excluding hydrogens is 325 g/mol. The number of anilines is 1. The molecule has 2 rings (SSSR count). The Morgan fingerprint density at radius 3 is 2.60 bits per heavy atom. The van der Waals surface area contributed by atoms with Crippen molar-refractivity contribution in [2.75, 3.05) is 12.3 Å². The molecule has 9 heteroatoms. The molecule has 0 saturated carbocycles. The van der Waals surface area contributed by atoms with Crippen LogP contribution in [0.3, 0.4) is 0 Å². The van der Waals surface area contributed by atoms with Gasteiger partial charge < -0.3 is 11.1 Å². The van der Waals surface area contributed by atoms with Gasteiger partial charge in [0.2, 0.25) is 15.9 Å². The van der Waals surface area contributed by atoms with E-state index in [4.69, 9.17) is 28.9 Å². The molecule has 1 saturated heterocycles. The molecule has 1 fully saturated rings. The average molecular weight is 338 g/mol. The molecule has 1 aromatic carbocycles. The van der Waals surface area contributed by atoms with Gasteiger partial charge in [0, 0.05) is 24.0 Å². The summed E-state index contributed by atoms with van der Waals surface area (Å²) in [7, 11) is -3.87. The Hall–Kier alpha value is -1.02. The molecule has 6 nitrogen and oxygen atoms in total. The average Bonchev–Trinajstić information content (AvgIpc) is 2.30. The smallest absolute Gasteiger partial charge is 0.244 e. The minimum absolute atomic E-state index is 0.0187. The Bertz CT molecular complexity index is 615. The lowest BCUT2D eigenvalue weighted by Gasteiger charge is -2.23. The molecule has 1 heterocycles. The number of amides is 1. The Morgan fingerprint density at radius 1 is 1.35 bits per heavy atom. The summed E-state index contributed by atoms with van der Waals surface area (Å²) >= 11 is 11.7. The molecular formula is C11H13Cl2N3O3S. The zero-order chi connectivity index (χ0) is 14.9. The largest absolute Gasteiger partial charge is 0.398 e. The number of halogens is 2. The lowest BCUT2D eigenvalue weighted by Crippen LogP contribution is -2.47. The first-order chi connectivity index (χ1) is 9.29. The van der Waals surface area contributed by atoms with Gasteiger partial charge in [-0.05, 0) is 18.6 Å². The Morgan fingerprint density at radius 2 is 2.05 bits per heavy atom. The van der Waals surface area contributed by atoms with Crippen LogP contribution >= 0.6 is 23.2 Å². The van der Waals surface area contributed by atoms with Crippen molar-refractivity contribution in [3.8, 4) is 0 Å². The second-order valence-electron chi connectivity index (χ2n) is 4.47. The first kappa shape index (κ1) is 15.4. The zero-order valence-electron chi connectivity index (χ0n) is 10.3. The second kappa shape index (κ2) is 5.77. The molecule has 0 bridgehead atoms. The van der Waals surface area contributed by atoms with Crippen LogP contribution in [0.25, 0.3) is 0 Å². The molecule has 1 aromatic rings. The molecule has 1 aliphatic heterocycles. The van der Waals surface area contributed by atoms with Crippen molar-refractivity contribution < 1.29 is 13.2 Å². The van der Waals surface area contributed by atoms with Gasteiger partial charge in [-0.25, -0.2) is 13.1 Å². The van der Waals surface area contributed by atoms with Crippen LogP contribution in [0.15, 0.2) is 17.0 Å². The SMILES string of the molecule is Nc1cc(Cl)cc(Cl)c1S(=O)(=O)NC1CCC(=O)NC1. The highest BCUT2D eigenvalue weighted by Crippen LogP contribution is 2.31. The predicted octanol–water partition coefficient (Wildman–Crippen LogP) is 1.13. The van der Waals surface area contributed by atoms with Crippen molar-refractivity contribution in [3.05, 3.63) is 22.2 Å². The van der Waals surface area contributed by atoms with Crippen LogP contribution in [0.1, 0.15) is 12.8 Å². The second-order valence-corrected chi connectivity index (χ2v) is 6.96. The molecule has 4 N–H and O–H groups in total. The molecule has 110 valence electrons. The van der Waals surface area contributed by atoms with E-state index in [1.54, 1.807) is 0 Å². The Labute approximate surface area is 126 Å². The third-order valence-electron chi connectivity index (χ3n) is 2.89. The fourth-order valence-corrected chi connectivity index (χ4v) is 4.23. The van der Waals surface area contributed by atoms with E-state index >= 15 is 0 Å². The molecule has 1 amide bonds. The third-order valence-corrected chi connectivity index (χ3v) is 5.16. The molecule has 0 spiro atoms. The molecule has 1 aliphatic rings. The third kappa shape index (κ3) is 3.35. The van der Waals surface area contributed by atoms with Crippen LogP contribution in [-0.2, 0) is 14.8 Å². The van der Waals surface area contributed by atoms with Gasteiger partial charge in [-0.15, -0.1) is 0 Å². The van der Waals surface area contributed by atoms with Crippen molar-refractivity contribution in [1.29, 1.82) is 0 Å². The van der Waals surface area contributed by atoms with E-state index in [2.05, 4.69) is 10.0 Å². The Balaban J connectivity index is 2.25. The summed E-state index contributed by atoms with van der Waals surface area (Å²) in [6.07, 6.45) is 0.702. The van der Waals surface area contributed by atoms with E-state index in [-0.39, 0.29) is 45.5 Å². The van der Waals surface area contributed by atoms with Crippen LogP contribution in [0.5, 0.6) is 0 Å². The minimum atomic E-state index is -3.87. The van der Waals surface area contributed by atoms with Gasteiger partial charge in [0.05, 0.1) is 10.7 Å². The lowest BCUT2D eigenvalue weighted by atomic mass is 10.1. The molecule has 0 radical (unpaired) electrons. The number of hydrogen-bond acceptors (Lipinski definition) is 4. The van der Waals surface area contributed by atoms with Crippen LogP contribution in [0.4, 0.5) is 5.69 Å². The molecule has 0 aliphatic carbocycles. The van der Waals surface area contributed by atoms with E-state index in [1.807, 2.05) is 0 Å². The van der Waals surface area contributed by atoms with Crippen molar-refractivity contribution in [3.63, 3.8) is 0 Å². The number of carbonyl (C=O) groups excluding carboxylic acids is 1. The number of nitrogens with two attached hydrogens (primary N) is 1. The number of piperidine rings is 1. The van der Waals surface area contributed by atoms with Gasteiger partial charge in [-0.3, -0.25) is 4.79 Å². The first-order valence-electron chi connectivity index (χ1n) is 5.83. The maximum Gasteiger partial charge on any atom is 0.244 e. The van der Waals surface area contributed by atoms with Crippen LogP contribution in [0.2, 0.25) is 10.0 Å². The fourth-order valence-electron chi connectivity index (χ4n) is 1.98. The number of sulfonamides is 1. The van der Waals surface area contributed by atoms with Crippen molar-refractivity contribution in [1.82, 2.24) is 10.0 Å². The van der Waals surface area contributed by atoms with Gasteiger partial charge in [0.15, 0.2) is 0 Å². The minimum Gasteiger partial charge on any atom is -0.398 e. The highest BCUT2D eigenvalue weighted by Gasteiger charge is 2.27. The summed E-state index contributed by atoms with van der Waals surface area (Å²) in [5.74, 6) is -0.0931. The van der Waals surface area contributed by atoms with E-state index in [9.17, 15) is 13.2 Å². The summed E-state index contributed by atoms with van der Waals surface area (Å²) in [4.78, 5) is 10.9. The van der Waals surface area contributed by atoms with Crippen LogP contribution in [0, 0.1) is 0 Å². The molecule has 1 unspecified atom stereocenters. The number of rotatable bonds is 3. The number of nitrogens with one attached hydrogen (secondary N) is 2. The van der Waals surface area contributed by atoms with E-state index in [0.29, 0.717) is 6.42 Å². The summed E-state index contributed by atoms with van der Waals surface area (Å²) in [5, 5.41) is 2.81. The van der Waals surface area contributed by atoms with Crippen LogP contribution in [-0.4, -0.2) is 26.9 Å². The summed E-state index contributed by atoms with van der Waals surface area (Å²) < 4.78 is 27.1. The predicted molar refractivity (Wildman–Crippen MR) is 77.2 cm³/mol. The first-order valence-corrected chi connectivity index (χ1v) is 8.07. The Kier molecular flexibility index (Phi) is 4.43. The normalized spacial score (nSPS) is 19.7. The van der Waals surface area contributed by atoms with Gasteiger partial charge in [-0.2, -0.15) is 0 Å². The maximum atomic E-state index is 12.3. The van der Waals surface area contributed by atoms with Gasteiger partial charge in [-0.1, -0.05) is 23.2 Å². The highest BCUT2D eigenvalue weighted by atomic mass is 35.5. The standard InChI is InChI=1S/C11H13Cl2N3O3S/c12-6-3-8(13)11(9(14)4-6)20(18,19)16-7-1-2-10(17)15-5-7/h3-4,7,16H,1-2,5,14H2,(H,15,17). The van der Waals surface area contributed by atoms with Crippen molar-refractivity contribution in [2.24, 2.45) is 0 Å². The summed E-state index contributed by atoms with van der Waals surface area (Å²) in [6, 6.07) is 2.25. The molecule has 0 aromatic heterocycles. The highest BCUT2D eigenvalue weighted by molar-refractivity contribution is 7.89. The zero-order valence-corrected chi connectivity index (χ0v) is 12.6. The fraction of sp³-hybridized carbons (Fsp3) is 0.364. The summed E-state index contributed by atoms with van der Waals surface area (Å²) in [6.45, 7) is 0.239. The van der Waals surface area contributed by atoms with Gasteiger partial charge in [0.1, 0.15) is 4.90 Å². The van der Waals surface area contributed by atoms with Crippen molar-refractivity contribution >= 4 is 44.8 Å². The number of carbonyl (C=O) groups is 1. The lowest BCUT2D eigenvalue weighted by molar-refractivity contribution is -0.122. The number of benzene rings is 1. The maximum absolute atomic E-state index is 12.3.